The maximum atomic E-state index is 10.9. The van der Waals surface area contributed by atoms with E-state index in [4.69, 9.17) is 5.73 Å². The summed E-state index contributed by atoms with van der Waals surface area (Å²) in [5, 5.41) is 2.73. The van der Waals surface area contributed by atoms with Crippen molar-refractivity contribution in [1.29, 1.82) is 0 Å². The zero-order valence-electron chi connectivity index (χ0n) is 6.13. The van der Waals surface area contributed by atoms with Crippen molar-refractivity contribution >= 4 is 6.03 Å². The maximum Gasteiger partial charge on any atom is 0.317 e. The third-order valence-electron chi connectivity index (χ3n) is 1.89. The number of amides is 2. The van der Waals surface area contributed by atoms with Crippen LogP contribution in [0.2, 0.25) is 0 Å². The Bertz CT molecular complexity index is 137. The fourth-order valence-electron chi connectivity index (χ4n) is 1.11. The van der Waals surface area contributed by atoms with Crippen molar-refractivity contribution < 1.29 is 4.79 Å². The van der Waals surface area contributed by atoms with Crippen molar-refractivity contribution in [2.75, 3.05) is 20.1 Å². The summed E-state index contributed by atoms with van der Waals surface area (Å²) in [6, 6.07) is 0.218. The molecule has 3 N–H and O–H groups in total. The lowest BCUT2D eigenvalue weighted by Gasteiger charge is -2.31. The molecule has 2 amide bonds. The molecule has 0 aliphatic carbocycles. The van der Waals surface area contributed by atoms with E-state index in [9.17, 15) is 4.79 Å². The summed E-state index contributed by atoms with van der Waals surface area (Å²) in [7, 11) is 1.77. The maximum absolute atomic E-state index is 10.9. The third-order valence-corrected chi connectivity index (χ3v) is 1.89. The topological polar surface area (TPSA) is 58.4 Å². The standard InChI is InChI=1S/C6H13N3O/c1-9-5(4-7)2-3-8-6(9)10/h5H,2-4,7H2,1H3,(H,8,10). The summed E-state index contributed by atoms with van der Waals surface area (Å²) in [4.78, 5) is 12.6. The summed E-state index contributed by atoms with van der Waals surface area (Å²) in [6.07, 6.45) is 0.957. The highest BCUT2D eigenvalue weighted by molar-refractivity contribution is 5.74. The molecular weight excluding hydrogens is 130 g/mol. The third kappa shape index (κ3) is 1.21. The number of hydrogen-bond donors (Lipinski definition) is 2. The van der Waals surface area contributed by atoms with Crippen molar-refractivity contribution in [1.82, 2.24) is 10.2 Å². The van der Waals surface area contributed by atoms with E-state index in [1.54, 1.807) is 11.9 Å². The Hall–Kier alpha value is -0.770. The summed E-state index contributed by atoms with van der Waals surface area (Å²) in [5.41, 5.74) is 5.43. The first kappa shape index (κ1) is 7.34. The van der Waals surface area contributed by atoms with Crippen LogP contribution in [0.25, 0.3) is 0 Å². The average molecular weight is 143 g/mol. The summed E-state index contributed by atoms with van der Waals surface area (Å²) >= 11 is 0. The Morgan fingerprint density at radius 1 is 1.90 bits per heavy atom. The lowest BCUT2D eigenvalue weighted by atomic mass is 10.1. The van der Waals surface area contributed by atoms with Gasteiger partial charge in [0.1, 0.15) is 0 Å². The van der Waals surface area contributed by atoms with E-state index in [1.165, 1.54) is 0 Å². The number of nitrogens with two attached hydrogens (primary N) is 1. The molecule has 4 nitrogen and oxygen atoms in total. The zero-order chi connectivity index (χ0) is 7.56. The van der Waals surface area contributed by atoms with Gasteiger partial charge >= 0.3 is 6.03 Å². The van der Waals surface area contributed by atoms with Gasteiger partial charge in [-0.25, -0.2) is 4.79 Å². The monoisotopic (exact) mass is 143 g/mol. The van der Waals surface area contributed by atoms with E-state index < -0.39 is 0 Å². The van der Waals surface area contributed by atoms with Crippen LogP contribution in [0.3, 0.4) is 0 Å². The van der Waals surface area contributed by atoms with E-state index in [1.807, 2.05) is 0 Å². The number of nitrogens with zero attached hydrogens (tertiary/aromatic N) is 1. The van der Waals surface area contributed by atoms with E-state index in [2.05, 4.69) is 5.32 Å². The molecule has 0 radical (unpaired) electrons. The molecule has 1 rings (SSSR count). The molecule has 10 heavy (non-hydrogen) atoms. The van der Waals surface area contributed by atoms with Crippen LogP contribution in [0.4, 0.5) is 4.79 Å². The van der Waals surface area contributed by atoms with E-state index >= 15 is 0 Å². The van der Waals surface area contributed by atoms with Crippen molar-refractivity contribution in [2.24, 2.45) is 5.73 Å². The first-order chi connectivity index (χ1) is 4.75. The fourth-order valence-corrected chi connectivity index (χ4v) is 1.11. The molecule has 0 aromatic heterocycles. The Morgan fingerprint density at radius 2 is 2.60 bits per heavy atom. The Balaban J connectivity index is 2.51. The molecule has 0 saturated carbocycles. The highest BCUT2D eigenvalue weighted by Crippen LogP contribution is 2.04. The molecule has 1 heterocycles. The van der Waals surface area contributed by atoms with Crippen molar-refractivity contribution in [3.63, 3.8) is 0 Å². The average Bonchev–Trinajstić information content (AvgIpc) is 1.95. The predicted molar refractivity (Wildman–Crippen MR) is 38.6 cm³/mol. The first-order valence-electron chi connectivity index (χ1n) is 3.46. The van der Waals surface area contributed by atoms with E-state index in [0.717, 1.165) is 13.0 Å². The molecule has 1 saturated heterocycles. The molecule has 1 aliphatic rings. The van der Waals surface area contributed by atoms with Crippen LogP contribution < -0.4 is 11.1 Å². The first-order valence-corrected chi connectivity index (χ1v) is 3.46. The number of hydrogen-bond acceptors (Lipinski definition) is 2. The second-order valence-electron chi connectivity index (χ2n) is 2.52. The lowest BCUT2D eigenvalue weighted by molar-refractivity contribution is 0.173. The second-order valence-corrected chi connectivity index (χ2v) is 2.52. The quantitative estimate of drug-likeness (QED) is 0.513. The zero-order valence-corrected chi connectivity index (χ0v) is 6.13. The second kappa shape index (κ2) is 2.88. The largest absolute Gasteiger partial charge is 0.338 e. The van der Waals surface area contributed by atoms with E-state index in [-0.39, 0.29) is 12.1 Å². The summed E-state index contributed by atoms with van der Waals surface area (Å²) in [6.45, 7) is 1.31. The van der Waals surface area contributed by atoms with E-state index in [0.29, 0.717) is 6.54 Å². The molecule has 1 atom stereocenters. The van der Waals surface area contributed by atoms with Gasteiger partial charge in [0.05, 0.1) is 0 Å². The summed E-state index contributed by atoms with van der Waals surface area (Å²) < 4.78 is 0. The van der Waals surface area contributed by atoms with Crippen molar-refractivity contribution in [3.8, 4) is 0 Å². The van der Waals surface area contributed by atoms with Crippen LogP contribution in [0.15, 0.2) is 0 Å². The molecule has 1 fully saturated rings. The normalized spacial score (nSPS) is 26.4. The molecule has 1 aliphatic heterocycles. The Morgan fingerprint density at radius 3 is 3.10 bits per heavy atom. The van der Waals surface area contributed by atoms with Crippen LogP contribution >= 0.6 is 0 Å². The van der Waals surface area contributed by atoms with Gasteiger partial charge in [-0.1, -0.05) is 0 Å². The highest BCUT2D eigenvalue weighted by atomic mass is 16.2. The molecule has 4 heteroatoms. The molecule has 0 spiro atoms. The van der Waals surface area contributed by atoms with Gasteiger partial charge in [0.15, 0.2) is 0 Å². The molecule has 1 unspecified atom stereocenters. The minimum atomic E-state index is -0.0123. The SMILES string of the molecule is CN1C(=O)NCCC1CN. The minimum absolute atomic E-state index is 0.0123. The Labute approximate surface area is 60.4 Å². The molecule has 0 aromatic carbocycles. The summed E-state index contributed by atoms with van der Waals surface area (Å²) in [5.74, 6) is 0. The van der Waals surface area contributed by atoms with Gasteiger partial charge in [0, 0.05) is 26.2 Å². The molecule has 58 valence electrons. The number of carbonyl (C=O) groups excluding carboxylic acids is 1. The van der Waals surface area contributed by atoms with Gasteiger partial charge in [0.2, 0.25) is 0 Å². The van der Waals surface area contributed by atoms with Gasteiger partial charge in [0.25, 0.3) is 0 Å². The molecular formula is C6H13N3O. The van der Waals surface area contributed by atoms with Gasteiger partial charge in [-0.05, 0) is 6.42 Å². The lowest BCUT2D eigenvalue weighted by Crippen LogP contribution is -2.52. The number of rotatable bonds is 1. The van der Waals surface area contributed by atoms with Crippen LogP contribution in [0.1, 0.15) is 6.42 Å². The number of carbonyl (C=O) groups is 1. The van der Waals surface area contributed by atoms with Crippen LogP contribution in [0, 0.1) is 0 Å². The molecule has 0 bridgehead atoms. The number of likely N-dealkylation sites (N-methyl/N-ethyl adjacent to an activating group) is 1. The van der Waals surface area contributed by atoms with Gasteiger partial charge in [-0.3, -0.25) is 0 Å². The van der Waals surface area contributed by atoms with Gasteiger partial charge < -0.3 is 16.0 Å². The number of urea groups is 1. The van der Waals surface area contributed by atoms with Gasteiger partial charge in [-0.15, -0.1) is 0 Å². The molecule has 0 aromatic rings. The van der Waals surface area contributed by atoms with Crippen LogP contribution in [-0.4, -0.2) is 37.1 Å². The fraction of sp³-hybridized carbons (Fsp3) is 0.833. The smallest absolute Gasteiger partial charge is 0.317 e. The highest BCUT2D eigenvalue weighted by Gasteiger charge is 2.22. The van der Waals surface area contributed by atoms with Crippen molar-refractivity contribution in [3.05, 3.63) is 0 Å². The van der Waals surface area contributed by atoms with Crippen molar-refractivity contribution in [2.45, 2.75) is 12.5 Å². The predicted octanol–water partition coefficient (Wildman–Crippen LogP) is -0.641. The minimum Gasteiger partial charge on any atom is -0.338 e. The Kier molecular flexibility index (Phi) is 2.11. The van der Waals surface area contributed by atoms with Crippen LogP contribution in [0.5, 0.6) is 0 Å². The van der Waals surface area contributed by atoms with Gasteiger partial charge in [-0.2, -0.15) is 0 Å². The van der Waals surface area contributed by atoms with Crippen LogP contribution in [-0.2, 0) is 0 Å². The number of nitrogens with one attached hydrogen (secondary N) is 1.